The lowest BCUT2D eigenvalue weighted by molar-refractivity contribution is -0.118. The number of anilines is 1. The number of amides is 1. The molecule has 0 radical (unpaired) electrons. The highest BCUT2D eigenvalue weighted by molar-refractivity contribution is 9.10. The maximum atomic E-state index is 12.3. The van der Waals surface area contributed by atoms with Crippen molar-refractivity contribution in [1.82, 2.24) is 0 Å². The minimum absolute atomic E-state index is 0.105. The van der Waals surface area contributed by atoms with Gasteiger partial charge in [0, 0.05) is 0 Å². The zero-order valence-corrected chi connectivity index (χ0v) is 16.6. The molecule has 0 aliphatic rings. The van der Waals surface area contributed by atoms with Crippen LogP contribution in [0.1, 0.15) is 6.92 Å². The molecule has 0 aliphatic heterocycles. The van der Waals surface area contributed by atoms with Crippen LogP contribution in [0.15, 0.2) is 77.3 Å². The summed E-state index contributed by atoms with van der Waals surface area (Å²) in [5.41, 5.74) is 1.51. The third kappa shape index (κ3) is 4.89. The lowest BCUT2D eigenvalue weighted by atomic mass is 10.1. The SMILES string of the molecule is C=C(C)COc1ccccc1NC(=O)COc1ccc2ccccc2c1Br. The topological polar surface area (TPSA) is 47.6 Å². The van der Waals surface area contributed by atoms with Crippen LogP contribution in [0.25, 0.3) is 10.8 Å². The van der Waals surface area contributed by atoms with E-state index in [0.717, 1.165) is 20.8 Å². The average Bonchev–Trinajstić information content (AvgIpc) is 2.67. The molecule has 0 spiro atoms. The van der Waals surface area contributed by atoms with Crippen molar-refractivity contribution in [2.24, 2.45) is 0 Å². The Morgan fingerprint density at radius 3 is 2.48 bits per heavy atom. The van der Waals surface area contributed by atoms with Gasteiger partial charge in [0.15, 0.2) is 6.61 Å². The van der Waals surface area contributed by atoms with E-state index < -0.39 is 0 Å². The Hall–Kier alpha value is -2.79. The Kier molecular flexibility index (Phi) is 6.14. The van der Waals surface area contributed by atoms with E-state index in [2.05, 4.69) is 27.8 Å². The van der Waals surface area contributed by atoms with Crippen molar-refractivity contribution in [3.05, 3.63) is 77.3 Å². The maximum Gasteiger partial charge on any atom is 0.262 e. The molecule has 1 amide bonds. The van der Waals surface area contributed by atoms with Crippen LogP contribution in [0.3, 0.4) is 0 Å². The fraction of sp³-hybridized carbons (Fsp3) is 0.136. The minimum atomic E-state index is -0.263. The quantitative estimate of drug-likeness (QED) is 0.502. The van der Waals surface area contributed by atoms with E-state index in [4.69, 9.17) is 9.47 Å². The molecule has 3 aromatic carbocycles. The highest BCUT2D eigenvalue weighted by Gasteiger charge is 2.11. The summed E-state index contributed by atoms with van der Waals surface area (Å²) in [6.45, 7) is 5.99. The summed E-state index contributed by atoms with van der Waals surface area (Å²) in [4.78, 5) is 12.3. The predicted octanol–water partition coefficient (Wildman–Crippen LogP) is 5.57. The van der Waals surface area contributed by atoms with Gasteiger partial charge < -0.3 is 14.8 Å². The van der Waals surface area contributed by atoms with Gasteiger partial charge in [-0.05, 0) is 57.4 Å². The molecule has 1 N–H and O–H groups in total. The first-order valence-electron chi connectivity index (χ1n) is 8.50. The Bertz CT molecular complexity index is 984. The van der Waals surface area contributed by atoms with Crippen LogP contribution in [0.5, 0.6) is 11.5 Å². The second kappa shape index (κ2) is 8.73. The number of nitrogens with one attached hydrogen (secondary N) is 1. The molecule has 3 rings (SSSR count). The number of carbonyl (C=O) groups is 1. The van der Waals surface area contributed by atoms with Gasteiger partial charge in [0.25, 0.3) is 5.91 Å². The van der Waals surface area contributed by atoms with Crippen molar-refractivity contribution in [1.29, 1.82) is 0 Å². The van der Waals surface area contributed by atoms with Gasteiger partial charge in [-0.25, -0.2) is 0 Å². The first-order valence-corrected chi connectivity index (χ1v) is 9.30. The summed E-state index contributed by atoms with van der Waals surface area (Å²) in [6.07, 6.45) is 0. The summed E-state index contributed by atoms with van der Waals surface area (Å²) in [5, 5.41) is 4.96. The molecule has 27 heavy (non-hydrogen) atoms. The highest BCUT2D eigenvalue weighted by atomic mass is 79.9. The average molecular weight is 426 g/mol. The normalized spacial score (nSPS) is 10.4. The number of benzene rings is 3. The van der Waals surface area contributed by atoms with Crippen LogP contribution in [-0.4, -0.2) is 19.1 Å². The molecule has 138 valence electrons. The Morgan fingerprint density at radius 2 is 1.67 bits per heavy atom. The van der Waals surface area contributed by atoms with E-state index in [0.29, 0.717) is 23.8 Å². The van der Waals surface area contributed by atoms with Crippen LogP contribution >= 0.6 is 15.9 Å². The molecular formula is C22H20BrNO3. The third-order valence-corrected chi connectivity index (χ3v) is 4.64. The molecule has 0 fully saturated rings. The van der Waals surface area contributed by atoms with Crippen molar-refractivity contribution in [3.8, 4) is 11.5 Å². The van der Waals surface area contributed by atoms with Crippen molar-refractivity contribution >= 4 is 38.3 Å². The van der Waals surface area contributed by atoms with Crippen LogP contribution in [0.4, 0.5) is 5.69 Å². The van der Waals surface area contributed by atoms with Crippen LogP contribution in [-0.2, 0) is 4.79 Å². The second-order valence-electron chi connectivity index (χ2n) is 6.18. The summed E-state index contributed by atoms with van der Waals surface area (Å²) < 4.78 is 12.2. The van der Waals surface area contributed by atoms with Gasteiger partial charge in [0.05, 0.1) is 10.2 Å². The monoisotopic (exact) mass is 425 g/mol. The molecule has 4 nitrogen and oxygen atoms in total. The van der Waals surface area contributed by atoms with Crippen molar-refractivity contribution < 1.29 is 14.3 Å². The van der Waals surface area contributed by atoms with Gasteiger partial charge in [0.2, 0.25) is 0 Å². The van der Waals surface area contributed by atoms with Gasteiger partial charge in [-0.1, -0.05) is 49.0 Å². The summed E-state index contributed by atoms with van der Waals surface area (Å²) >= 11 is 3.56. The first-order chi connectivity index (χ1) is 13.0. The number of carbonyl (C=O) groups excluding carboxylic acids is 1. The minimum Gasteiger partial charge on any atom is -0.487 e. The van der Waals surface area contributed by atoms with Gasteiger partial charge in [-0.3, -0.25) is 4.79 Å². The number of para-hydroxylation sites is 2. The number of fused-ring (bicyclic) bond motifs is 1. The van der Waals surface area contributed by atoms with E-state index in [1.165, 1.54) is 0 Å². The fourth-order valence-corrected chi connectivity index (χ4v) is 3.16. The number of ether oxygens (including phenoxy) is 2. The third-order valence-electron chi connectivity index (χ3n) is 3.82. The van der Waals surface area contributed by atoms with Gasteiger partial charge in [0.1, 0.15) is 18.1 Å². The van der Waals surface area contributed by atoms with Crippen LogP contribution < -0.4 is 14.8 Å². The molecule has 0 aliphatic carbocycles. The lowest BCUT2D eigenvalue weighted by Crippen LogP contribution is -2.20. The maximum absolute atomic E-state index is 12.3. The van der Waals surface area contributed by atoms with Gasteiger partial charge in [-0.15, -0.1) is 0 Å². The second-order valence-corrected chi connectivity index (χ2v) is 6.97. The Morgan fingerprint density at radius 1 is 0.963 bits per heavy atom. The summed E-state index contributed by atoms with van der Waals surface area (Å²) in [6, 6.07) is 19.1. The fourth-order valence-electron chi connectivity index (χ4n) is 2.55. The number of hydrogen-bond donors (Lipinski definition) is 1. The molecule has 0 unspecified atom stereocenters. The smallest absolute Gasteiger partial charge is 0.262 e. The van der Waals surface area contributed by atoms with Crippen molar-refractivity contribution in [2.45, 2.75) is 6.92 Å². The largest absolute Gasteiger partial charge is 0.487 e. The lowest BCUT2D eigenvalue weighted by Gasteiger charge is -2.13. The predicted molar refractivity (Wildman–Crippen MR) is 113 cm³/mol. The summed E-state index contributed by atoms with van der Waals surface area (Å²) in [5.74, 6) is 0.956. The zero-order valence-electron chi connectivity index (χ0n) is 15.0. The molecule has 0 atom stereocenters. The van der Waals surface area contributed by atoms with E-state index in [1.54, 1.807) is 12.1 Å². The number of halogens is 1. The molecule has 3 aromatic rings. The van der Waals surface area contributed by atoms with E-state index in [-0.39, 0.29) is 12.5 Å². The van der Waals surface area contributed by atoms with E-state index in [9.17, 15) is 4.79 Å². The molecule has 5 heteroatoms. The zero-order chi connectivity index (χ0) is 19.2. The molecule has 0 heterocycles. The van der Waals surface area contributed by atoms with Crippen LogP contribution in [0, 0.1) is 0 Å². The standard InChI is InChI=1S/C22H20BrNO3/c1-15(2)13-26-19-10-6-5-9-18(19)24-21(25)14-27-20-12-11-16-7-3-4-8-17(16)22(20)23/h3-12H,1,13-14H2,2H3,(H,24,25). The Balaban J connectivity index is 1.65. The molecular weight excluding hydrogens is 406 g/mol. The van der Waals surface area contributed by atoms with E-state index >= 15 is 0 Å². The summed E-state index contributed by atoms with van der Waals surface area (Å²) in [7, 11) is 0. The van der Waals surface area contributed by atoms with Gasteiger partial charge >= 0.3 is 0 Å². The van der Waals surface area contributed by atoms with Crippen LogP contribution in [0.2, 0.25) is 0 Å². The molecule has 0 aromatic heterocycles. The van der Waals surface area contributed by atoms with E-state index in [1.807, 2.05) is 55.5 Å². The highest BCUT2D eigenvalue weighted by Crippen LogP contribution is 2.33. The Labute approximate surface area is 166 Å². The molecule has 0 saturated carbocycles. The molecule has 0 bridgehead atoms. The van der Waals surface area contributed by atoms with Crippen molar-refractivity contribution in [3.63, 3.8) is 0 Å². The number of rotatable bonds is 7. The first kappa shape index (κ1) is 19.0. The number of hydrogen-bond acceptors (Lipinski definition) is 3. The van der Waals surface area contributed by atoms with Gasteiger partial charge in [-0.2, -0.15) is 0 Å². The van der Waals surface area contributed by atoms with Crippen molar-refractivity contribution in [2.75, 3.05) is 18.5 Å². The molecule has 0 saturated heterocycles.